The third kappa shape index (κ3) is 2.55. The molecule has 0 aliphatic heterocycles. The van der Waals surface area contributed by atoms with E-state index < -0.39 is 11.2 Å². The zero-order valence-corrected chi connectivity index (χ0v) is 10.8. The number of ketones is 1. The lowest BCUT2D eigenvalue weighted by atomic mass is 9.78. The standard InChI is InChI=1S/C16H14F2O/c1-16(2,11-7-9-12(17)10-8-11)15(19)13-5-3-4-6-14(13)18/h3-10H,1-2H3. The smallest absolute Gasteiger partial charge is 0.175 e. The van der Waals surface area contributed by atoms with Crippen molar-refractivity contribution < 1.29 is 13.6 Å². The zero-order chi connectivity index (χ0) is 14.0. The summed E-state index contributed by atoms with van der Waals surface area (Å²) in [7, 11) is 0. The first-order valence-electron chi connectivity index (χ1n) is 5.98. The van der Waals surface area contributed by atoms with E-state index in [1.807, 2.05) is 0 Å². The summed E-state index contributed by atoms with van der Waals surface area (Å²) in [6, 6.07) is 11.6. The molecule has 0 heterocycles. The average molecular weight is 260 g/mol. The molecule has 2 aromatic rings. The Morgan fingerprint density at radius 2 is 1.53 bits per heavy atom. The van der Waals surface area contributed by atoms with Gasteiger partial charge in [-0.25, -0.2) is 8.78 Å². The number of carbonyl (C=O) groups is 1. The van der Waals surface area contributed by atoms with Gasteiger partial charge in [0.1, 0.15) is 11.6 Å². The quantitative estimate of drug-likeness (QED) is 0.758. The maximum Gasteiger partial charge on any atom is 0.175 e. The topological polar surface area (TPSA) is 17.1 Å². The molecule has 2 rings (SSSR count). The van der Waals surface area contributed by atoms with Crippen molar-refractivity contribution in [3.8, 4) is 0 Å². The van der Waals surface area contributed by atoms with Gasteiger partial charge in [0.25, 0.3) is 0 Å². The maximum absolute atomic E-state index is 13.7. The highest BCUT2D eigenvalue weighted by Gasteiger charge is 2.32. The van der Waals surface area contributed by atoms with Crippen LogP contribution in [-0.4, -0.2) is 5.78 Å². The molecule has 0 aromatic heterocycles. The Morgan fingerprint density at radius 1 is 0.947 bits per heavy atom. The number of benzene rings is 2. The van der Waals surface area contributed by atoms with E-state index in [0.29, 0.717) is 5.56 Å². The van der Waals surface area contributed by atoms with Crippen LogP contribution in [-0.2, 0) is 5.41 Å². The van der Waals surface area contributed by atoms with E-state index in [1.165, 1.54) is 30.3 Å². The molecule has 1 nitrogen and oxygen atoms in total. The summed E-state index contributed by atoms with van der Waals surface area (Å²) in [6.07, 6.45) is 0. The van der Waals surface area contributed by atoms with E-state index in [1.54, 1.807) is 32.0 Å². The summed E-state index contributed by atoms with van der Waals surface area (Å²) in [6.45, 7) is 3.41. The molecule has 0 aliphatic carbocycles. The molecular formula is C16H14F2O. The number of hydrogen-bond acceptors (Lipinski definition) is 1. The van der Waals surface area contributed by atoms with Crippen molar-refractivity contribution in [3.05, 3.63) is 71.3 Å². The zero-order valence-electron chi connectivity index (χ0n) is 10.8. The molecule has 0 saturated heterocycles. The molecule has 98 valence electrons. The fourth-order valence-electron chi connectivity index (χ4n) is 1.98. The lowest BCUT2D eigenvalue weighted by Gasteiger charge is -2.24. The average Bonchev–Trinajstić information content (AvgIpc) is 2.39. The predicted molar refractivity (Wildman–Crippen MR) is 70.2 cm³/mol. The molecule has 0 fully saturated rings. The Morgan fingerprint density at radius 3 is 2.11 bits per heavy atom. The van der Waals surface area contributed by atoms with Crippen molar-refractivity contribution >= 4 is 5.78 Å². The van der Waals surface area contributed by atoms with Gasteiger partial charge >= 0.3 is 0 Å². The van der Waals surface area contributed by atoms with Crippen LogP contribution in [0.15, 0.2) is 48.5 Å². The number of carbonyl (C=O) groups excluding carboxylic acids is 1. The fraction of sp³-hybridized carbons (Fsp3) is 0.188. The van der Waals surface area contributed by atoms with Gasteiger partial charge in [-0.2, -0.15) is 0 Å². The molecule has 0 unspecified atom stereocenters. The summed E-state index contributed by atoms with van der Waals surface area (Å²) in [5.74, 6) is -1.22. The normalized spacial score (nSPS) is 11.4. The molecule has 0 N–H and O–H groups in total. The van der Waals surface area contributed by atoms with Crippen LogP contribution < -0.4 is 0 Å². The Balaban J connectivity index is 2.42. The van der Waals surface area contributed by atoms with E-state index in [4.69, 9.17) is 0 Å². The maximum atomic E-state index is 13.7. The second kappa shape index (κ2) is 4.92. The second-order valence-electron chi connectivity index (χ2n) is 4.94. The van der Waals surface area contributed by atoms with E-state index in [-0.39, 0.29) is 17.2 Å². The van der Waals surface area contributed by atoms with Crippen LogP contribution in [0.3, 0.4) is 0 Å². The van der Waals surface area contributed by atoms with Gasteiger partial charge in [0.15, 0.2) is 5.78 Å². The van der Waals surface area contributed by atoms with Gasteiger partial charge < -0.3 is 0 Å². The highest BCUT2D eigenvalue weighted by molar-refractivity contribution is 6.03. The Labute approximate surface area is 110 Å². The highest BCUT2D eigenvalue weighted by Crippen LogP contribution is 2.28. The lowest BCUT2D eigenvalue weighted by Crippen LogP contribution is -2.29. The summed E-state index contributed by atoms with van der Waals surface area (Å²) >= 11 is 0. The molecule has 0 saturated carbocycles. The first-order valence-corrected chi connectivity index (χ1v) is 5.98. The molecule has 0 amide bonds. The third-order valence-corrected chi connectivity index (χ3v) is 3.25. The molecule has 2 aromatic carbocycles. The Kier molecular flexibility index (Phi) is 3.47. The third-order valence-electron chi connectivity index (χ3n) is 3.25. The monoisotopic (exact) mass is 260 g/mol. The van der Waals surface area contributed by atoms with Crippen LogP contribution in [0.5, 0.6) is 0 Å². The molecule has 0 atom stereocenters. The molecule has 0 aliphatic rings. The lowest BCUT2D eigenvalue weighted by molar-refractivity contribution is 0.0904. The van der Waals surface area contributed by atoms with Crippen LogP contribution in [0, 0.1) is 11.6 Å². The van der Waals surface area contributed by atoms with Crippen molar-refractivity contribution in [1.82, 2.24) is 0 Å². The minimum absolute atomic E-state index is 0.0526. The van der Waals surface area contributed by atoms with E-state index in [9.17, 15) is 13.6 Å². The van der Waals surface area contributed by atoms with Crippen molar-refractivity contribution in [3.63, 3.8) is 0 Å². The number of rotatable bonds is 3. The summed E-state index contributed by atoms with van der Waals surface area (Å²) in [4.78, 5) is 12.4. The predicted octanol–water partition coefficient (Wildman–Crippen LogP) is 4.13. The molecular weight excluding hydrogens is 246 g/mol. The van der Waals surface area contributed by atoms with Gasteiger partial charge in [-0.05, 0) is 43.7 Å². The number of halogens is 2. The van der Waals surface area contributed by atoms with Gasteiger partial charge in [0.2, 0.25) is 0 Å². The van der Waals surface area contributed by atoms with Crippen LogP contribution in [0.2, 0.25) is 0 Å². The van der Waals surface area contributed by atoms with Crippen molar-refractivity contribution in [2.24, 2.45) is 0 Å². The molecule has 0 spiro atoms. The first kappa shape index (κ1) is 13.4. The highest BCUT2D eigenvalue weighted by atomic mass is 19.1. The van der Waals surface area contributed by atoms with Crippen LogP contribution >= 0.6 is 0 Å². The molecule has 0 bridgehead atoms. The molecule has 0 radical (unpaired) electrons. The van der Waals surface area contributed by atoms with Crippen molar-refractivity contribution in [1.29, 1.82) is 0 Å². The summed E-state index contributed by atoms with van der Waals surface area (Å²) < 4.78 is 26.6. The van der Waals surface area contributed by atoms with Crippen molar-refractivity contribution in [2.75, 3.05) is 0 Å². The minimum atomic E-state index is -0.907. The summed E-state index contributed by atoms with van der Waals surface area (Å²) in [5.41, 5.74) is -0.199. The van der Waals surface area contributed by atoms with Gasteiger partial charge in [-0.3, -0.25) is 4.79 Å². The number of Topliss-reactive ketones (excluding diaryl/α,β-unsaturated/α-hetero) is 1. The van der Waals surface area contributed by atoms with E-state index in [0.717, 1.165) is 0 Å². The van der Waals surface area contributed by atoms with Crippen LogP contribution in [0.4, 0.5) is 8.78 Å². The van der Waals surface area contributed by atoms with Crippen LogP contribution in [0.1, 0.15) is 29.8 Å². The van der Waals surface area contributed by atoms with Gasteiger partial charge in [0.05, 0.1) is 11.0 Å². The molecule has 3 heteroatoms. The SMILES string of the molecule is CC(C)(C(=O)c1ccccc1F)c1ccc(F)cc1. The molecule has 19 heavy (non-hydrogen) atoms. The first-order chi connectivity index (χ1) is 8.93. The Hall–Kier alpha value is -2.03. The van der Waals surface area contributed by atoms with Gasteiger partial charge in [-0.15, -0.1) is 0 Å². The second-order valence-corrected chi connectivity index (χ2v) is 4.94. The van der Waals surface area contributed by atoms with Crippen molar-refractivity contribution in [2.45, 2.75) is 19.3 Å². The van der Waals surface area contributed by atoms with Gasteiger partial charge in [0, 0.05) is 0 Å². The van der Waals surface area contributed by atoms with E-state index >= 15 is 0 Å². The van der Waals surface area contributed by atoms with Gasteiger partial charge in [-0.1, -0.05) is 24.3 Å². The van der Waals surface area contributed by atoms with Crippen LogP contribution in [0.25, 0.3) is 0 Å². The minimum Gasteiger partial charge on any atom is -0.293 e. The van der Waals surface area contributed by atoms with E-state index in [2.05, 4.69) is 0 Å². The number of hydrogen-bond donors (Lipinski definition) is 0. The summed E-state index contributed by atoms with van der Waals surface area (Å²) in [5, 5.41) is 0. The Bertz CT molecular complexity index is 600. The fourth-order valence-corrected chi connectivity index (χ4v) is 1.98. The largest absolute Gasteiger partial charge is 0.293 e.